The minimum absolute atomic E-state index is 0.140. The fourth-order valence-corrected chi connectivity index (χ4v) is 3.54. The molecule has 144 valence electrons. The van der Waals surface area contributed by atoms with Gasteiger partial charge in [0.1, 0.15) is 11.5 Å². The lowest BCUT2D eigenvalue weighted by Gasteiger charge is -2.31. The van der Waals surface area contributed by atoms with E-state index in [2.05, 4.69) is 19.9 Å². The number of methoxy groups -OCH3 is 1. The Kier molecular flexibility index (Phi) is 5.53. The molecule has 3 aromatic rings. The van der Waals surface area contributed by atoms with Gasteiger partial charge >= 0.3 is 0 Å². The van der Waals surface area contributed by atoms with E-state index in [1.165, 1.54) is 6.07 Å². The predicted molar refractivity (Wildman–Crippen MR) is 103 cm³/mol. The van der Waals surface area contributed by atoms with Crippen LogP contribution in [0.15, 0.2) is 48.9 Å². The molecule has 1 aliphatic rings. The van der Waals surface area contributed by atoms with Crippen LogP contribution in [0.1, 0.15) is 30.0 Å². The summed E-state index contributed by atoms with van der Waals surface area (Å²) in [6.45, 7) is 2.43. The first kappa shape index (κ1) is 18.4. The maximum atomic E-state index is 13.9. The van der Waals surface area contributed by atoms with Gasteiger partial charge in [-0.15, -0.1) is 0 Å². The van der Waals surface area contributed by atoms with Gasteiger partial charge in [0.05, 0.1) is 19.0 Å². The smallest absolute Gasteiger partial charge is 0.216 e. The number of piperidine rings is 1. The van der Waals surface area contributed by atoms with E-state index in [0.29, 0.717) is 29.9 Å². The van der Waals surface area contributed by atoms with Crippen LogP contribution in [0.25, 0.3) is 11.5 Å². The fraction of sp³-hybridized carbons (Fsp3) is 0.333. The summed E-state index contributed by atoms with van der Waals surface area (Å²) in [4.78, 5) is 19.8. The summed E-state index contributed by atoms with van der Waals surface area (Å²) in [5.74, 6) is 1.22. The highest BCUT2D eigenvalue weighted by atomic mass is 19.1. The van der Waals surface area contributed by atoms with Crippen LogP contribution in [0.5, 0.6) is 5.88 Å². The Bertz CT molecular complexity index is 929. The van der Waals surface area contributed by atoms with Crippen molar-refractivity contribution in [2.24, 2.45) is 0 Å². The molecule has 0 atom stereocenters. The zero-order chi connectivity index (χ0) is 19.3. The van der Waals surface area contributed by atoms with Gasteiger partial charge in [-0.25, -0.2) is 14.4 Å². The van der Waals surface area contributed by atoms with E-state index in [1.54, 1.807) is 31.8 Å². The summed E-state index contributed by atoms with van der Waals surface area (Å²) in [6, 6.07) is 8.87. The lowest BCUT2D eigenvalue weighted by molar-refractivity contribution is 0.201. The second-order valence-corrected chi connectivity index (χ2v) is 6.89. The molecule has 1 saturated heterocycles. The predicted octanol–water partition coefficient (Wildman–Crippen LogP) is 3.46. The summed E-state index contributed by atoms with van der Waals surface area (Å²) in [5.41, 5.74) is 2.33. The molecular formula is C21H22FN5O. The van der Waals surface area contributed by atoms with Crippen molar-refractivity contribution in [3.05, 3.63) is 66.0 Å². The van der Waals surface area contributed by atoms with Crippen LogP contribution in [0.4, 0.5) is 4.39 Å². The average molecular weight is 379 g/mol. The molecule has 3 heterocycles. The molecule has 0 N–H and O–H groups in total. The number of hydrogen-bond acceptors (Lipinski definition) is 6. The van der Waals surface area contributed by atoms with Gasteiger partial charge < -0.3 is 4.74 Å². The molecule has 0 saturated carbocycles. The number of likely N-dealkylation sites (tertiary alicyclic amines) is 1. The Morgan fingerprint density at radius 3 is 2.68 bits per heavy atom. The third kappa shape index (κ3) is 4.14. The maximum absolute atomic E-state index is 13.9. The fourth-order valence-electron chi connectivity index (χ4n) is 3.54. The van der Waals surface area contributed by atoms with Crippen LogP contribution in [-0.4, -0.2) is 45.0 Å². The summed E-state index contributed by atoms with van der Waals surface area (Å²) in [7, 11) is 1.60. The molecule has 0 amide bonds. The van der Waals surface area contributed by atoms with Gasteiger partial charge in [0.15, 0.2) is 5.82 Å². The molecular weight excluding hydrogens is 357 g/mol. The first-order chi connectivity index (χ1) is 13.7. The Hall–Kier alpha value is -2.93. The number of aromatic nitrogens is 4. The molecule has 0 spiro atoms. The Morgan fingerprint density at radius 1 is 1.14 bits per heavy atom. The number of nitrogens with zero attached hydrogens (tertiary/aromatic N) is 5. The third-order valence-electron chi connectivity index (χ3n) is 5.08. The van der Waals surface area contributed by atoms with E-state index in [4.69, 9.17) is 9.72 Å². The van der Waals surface area contributed by atoms with Gasteiger partial charge in [-0.2, -0.15) is 4.98 Å². The Balaban J connectivity index is 1.48. The van der Waals surface area contributed by atoms with E-state index < -0.39 is 0 Å². The average Bonchev–Trinajstić information content (AvgIpc) is 2.76. The summed E-state index contributed by atoms with van der Waals surface area (Å²) >= 11 is 0. The van der Waals surface area contributed by atoms with E-state index in [9.17, 15) is 4.39 Å². The van der Waals surface area contributed by atoms with Crippen molar-refractivity contribution >= 4 is 0 Å². The quantitative estimate of drug-likeness (QED) is 0.676. The van der Waals surface area contributed by atoms with Crippen LogP contribution in [0.2, 0.25) is 0 Å². The molecule has 6 nitrogen and oxygen atoms in total. The SMILES string of the molecule is COc1cc(C2CCN(Cc3ccccc3F)CC2)nc(-c2cnccn2)n1. The van der Waals surface area contributed by atoms with Gasteiger partial charge in [0, 0.05) is 36.5 Å². The normalized spacial score (nSPS) is 15.5. The van der Waals surface area contributed by atoms with Crippen LogP contribution < -0.4 is 4.74 Å². The Morgan fingerprint density at radius 2 is 1.96 bits per heavy atom. The van der Waals surface area contributed by atoms with E-state index in [-0.39, 0.29) is 5.82 Å². The third-order valence-corrected chi connectivity index (χ3v) is 5.08. The summed E-state index contributed by atoms with van der Waals surface area (Å²) < 4.78 is 19.3. The van der Waals surface area contributed by atoms with Crippen LogP contribution in [-0.2, 0) is 6.54 Å². The molecule has 0 aliphatic carbocycles. The van der Waals surface area contributed by atoms with Crippen molar-refractivity contribution in [3.8, 4) is 17.4 Å². The van der Waals surface area contributed by atoms with Gasteiger partial charge in [-0.1, -0.05) is 18.2 Å². The first-order valence-electron chi connectivity index (χ1n) is 9.38. The molecule has 0 bridgehead atoms. The lowest BCUT2D eigenvalue weighted by atomic mass is 9.93. The van der Waals surface area contributed by atoms with Crippen molar-refractivity contribution in [2.75, 3.05) is 20.2 Å². The van der Waals surface area contributed by atoms with E-state index >= 15 is 0 Å². The van der Waals surface area contributed by atoms with Crippen molar-refractivity contribution in [1.82, 2.24) is 24.8 Å². The molecule has 1 aliphatic heterocycles. The minimum Gasteiger partial charge on any atom is -0.481 e. The van der Waals surface area contributed by atoms with Crippen LogP contribution in [0.3, 0.4) is 0 Å². The number of benzene rings is 1. The standard InChI is InChI=1S/C21H22FN5O/c1-28-20-12-18(25-21(26-20)19-13-23-8-9-24-19)15-6-10-27(11-7-15)14-16-4-2-3-5-17(16)22/h2-5,8-9,12-13,15H,6-7,10-11,14H2,1H3. The number of ether oxygens (including phenoxy) is 1. The van der Waals surface area contributed by atoms with E-state index in [1.807, 2.05) is 18.2 Å². The number of halogens is 1. The molecule has 1 fully saturated rings. The molecule has 28 heavy (non-hydrogen) atoms. The number of hydrogen-bond donors (Lipinski definition) is 0. The summed E-state index contributed by atoms with van der Waals surface area (Å²) in [6.07, 6.45) is 6.80. The molecule has 4 rings (SSSR count). The molecule has 7 heteroatoms. The highest BCUT2D eigenvalue weighted by Gasteiger charge is 2.24. The molecule has 2 aromatic heterocycles. The van der Waals surface area contributed by atoms with Gasteiger partial charge in [-0.3, -0.25) is 9.88 Å². The monoisotopic (exact) mass is 379 g/mol. The minimum atomic E-state index is -0.140. The van der Waals surface area contributed by atoms with Crippen molar-refractivity contribution in [2.45, 2.75) is 25.3 Å². The van der Waals surface area contributed by atoms with Crippen molar-refractivity contribution in [3.63, 3.8) is 0 Å². The molecule has 0 unspecified atom stereocenters. The first-order valence-corrected chi connectivity index (χ1v) is 9.38. The second-order valence-electron chi connectivity index (χ2n) is 6.89. The van der Waals surface area contributed by atoms with Crippen LogP contribution >= 0.6 is 0 Å². The highest BCUT2D eigenvalue weighted by Crippen LogP contribution is 2.30. The summed E-state index contributed by atoms with van der Waals surface area (Å²) in [5, 5.41) is 0. The lowest BCUT2D eigenvalue weighted by Crippen LogP contribution is -2.33. The Labute approximate surface area is 163 Å². The van der Waals surface area contributed by atoms with Gasteiger partial charge in [0.25, 0.3) is 0 Å². The maximum Gasteiger partial charge on any atom is 0.216 e. The zero-order valence-corrected chi connectivity index (χ0v) is 15.8. The second kappa shape index (κ2) is 8.39. The highest BCUT2D eigenvalue weighted by molar-refractivity contribution is 5.48. The van der Waals surface area contributed by atoms with Crippen LogP contribution in [0, 0.1) is 5.82 Å². The largest absolute Gasteiger partial charge is 0.481 e. The van der Waals surface area contributed by atoms with Gasteiger partial charge in [0.2, 0.25) is 5.88 Å². The van der Waals surface area contributed by atoms with Crippen molar-refractivity contribution in [1.29, 1.82) is 0 Å². The molecule has 1 aromatic carbocycles. The topological polar surface area (TPSA) is 64.0 Å². The number of rotatable bonds is 5. The van der Waals surface area contributed by atoms with Gasteiger partial charge in [-0.05, 0) is 32.0 Å². The van der Waals surface area contributed by atoms with Crippen molar-refractivity contribution < 1.29 is 9.13 Å². The zero-order valence-electron chi connectivity index (χ0n) is 15.8. The van der Waals surface area contributed by atoms with E-state index in [0.717, 1.165) is 37.2 Å². The molecule has 0 radical (unpaired) electrons.